The summed E-state index contributed by atoms with van der Waals surface area (Å²) in [6.45, 7) is 3.25. The van der Waals surface area contributed by atoms with Crippen molar-refractivity contribution in [3.05, 3.63) is 95.6 Å². The van der Waals surface area contributed by atoms with Crippen molar-refractivity contribution < 1.29 is 33.7 Å². The number of rotatable bonds is 6. The van der Waals surface area contributed by atoms with E-state index in [1.54, 1.807) is 86.6 Å². The topological polar surface area (TPSA) is 111 Å². The van der Waals surface area contributed by atoms with Gasteiger partial charge in [-0.1, -0.05) is 60.7 Å². The van der Waals surface area contributed by atoms with Crippen molar-refractivity contribution in [1.29, 1.82) is 0 Å². The van der Waals surface area contributed by atoms with Gasteiger partial charge in [0, 0.05) is 5.56 Å². The summed E-state index contributed by atoms with van der Waals surface area (Å²) in [7, 11) is 0. The first-order chi connectivity index (χ1) is 17.9. The molecule has 3 aromatic rings. The van der Waals surface area contributed by atoms with Gasteiger partial charge in [-0.2, -0.15) is 0 Å². The van der Waals surface area contributed by atoms with Crippen LogP contribution in [0, 0.1) is 0 Å². The zero-order chi connectivity index (χ0) is 26.2. The summed E-state index contributed by atoms with van der Waals surface area (Å²) in [5.74, 6) is -3.22. The van der Waals surface area contributed by atoms with E-state index in [2.05, 4.69) is 5.32 Å². The Labute approximate surface area is 214 Å². The molecule has 2 aliphatic rings. The molecule has 37 heavy (non-hydrogen) atoms. The third kappa shape index (κ3) is 3.51. The van der Waals surface area contributed by atoms with Gasteiger partial charge in [-0.05, 0) is 37.6 Å². The molecule has 0 bridgehead atoms. The Kier molecular flexibility index (Phi) is 6.21. The van der Waals surface area contributed by atoms with Crippen molar-refractivity contribution in [2.24, 2.45) is 0 Å². The second kappa shape index (κ2) is 9.37. The number of ether oxygens (including phenoxy) is 3. The number of carbonyl (C=O) groups excluding carboxylic acids is 3. The fourth-order valence-electron chi connectivity index (χ4n) is 5.58. The summed E-state index contributed by atoms with van der Waals surface area (Å²) < 4.78 is 17.4. The van der Waals surface area contributed by atoms with Crippen LogP contribution in [0.2, 0.25) is 0 Å². The van der Waals surface area contributed by atoms with Gasteiger partial charge in [-0.3, -0.25) is 10.1 Å². The van der Waals surface area contributed by atoms with Gasteiger partial charge < -0.3 is 19.3 Å². The molecule has 0 aliphatic carbocycles. The maximum atomic E-state index is 14.4. The zero-order valence-electron chi connectivity index (χ0n) is 20.5. The number of nitrogens with one attached hydrogen (secondary N) is 1. The number of carbonyl (C=O) groups is 3. The summed E-state index contributed by atoms with van der Waals surface area (Å²) in [5, 5.41) is 14.0. The predicted octanol–water partition coefficient (Wildman–Crippen LogP) is 3.70. The van der Waals surface area contributed by atoms with Gasteiger partial charge in [0.25, 0.3) is 0 Å². The molecular weight excluding hydrogens is 474 g/mol. The monoisotopic (exact) mass is 501 g/mol. The maximum absolute atomic E-state index is 14.4. The molecule has 5 rings (SSSR count). The Morgan fingerprint density at radius 1 is 0.892 bits per heavy atom. The SMILES string of the molecule is CCOC(=O)C1(C(=O)OCC)N[C@H](c2ccccc2O)[C@]2(Oc3ccccc3C2=O)[C@@H]1c1ccccc1. The van der Waals surface area contributed by atoms with Gasteiger partial charge in [0.2, 0.25) is 16.9 Å². The number of esters is 2. The fourth-order valence-corrected chi connectivity index (χ4v) is 5.58. The number of aromatic hydroxyl groups is 1. The van der Waals surface area contributed by atoms with Crippen molar-refractivity contribution >= 4 is 17.7 Å². The summed E-state index contributed by atoms with van der Waals surface area (Å²) >= 11 is 0. The number of benzene rings is 3. The lowest BCUT2D eigenvalue weighted by Gasteiger charge is -2.37. The van der Waals surface area contributed by atoms with Gasteiger partial charge in [0.15, 0.2) is 0 Å². The van der Waals surface area contributed by atoms with Gasteiger partial charge in [-0.15, -0.1) is 0 Å². The molecule has 2 aliphatic heterocycles. The first-order valence-corrected chi connectivity index (χ1v) is 12.2. The highest BCUT2D eigenvalue weighted by Gasteiger charge is 2.77. The quantitative estimate of drug-likeness (QED) is 0.389. The third-order valence-corrected chi connectivity index (χ3v) is 7.00. The van der Waals surface area contributed by atoms with Crippen LogP contribution in [-0.4, -0.2) is 47.2 Å². The minimum Gasteiger partial charge on any atom is -0.508 e. The smallest absolute Gasteiger partial charge is 0.338 e. The van der Waals surface area contributed by atoms with Crippen LogP contribution in [-0.2, 0) is 19.1 Å². The average molecular weight is 502 g/mol. The van der Waals surface area contributed by atoms with Crippen molar-refractivity contribution in [3.8, 4) is 11.5 Å². The van der Waals surface area contributed by atoms with Gasteiger partial charge >= 0.3 is 11.9 Å². The summed E-state index contributed by atoms with van der Waals surface area (Å²) in [5.41, 5.74) is -2.88. The number of hydrogen-bond donors (Lipinski definition) is 2. The lowest BCUT2D eigenvalue weighted by atomic mass is 9.68. The molecule has 8 nitrogen and oxygen atoms in total. The maximum Gasteiger partial charge on any atom is 0.338 e. The lowest BCUT2D eigenvalue weighted by molar-refractivity contribution is -0.167. The van der Waals surface area contributed by atoms with Crippen molar-refractivity contribution in [2.45, 2.75) is 36.9 Å². The Bertz CT molecular complexity index is 1340. The van der Waals surface area contributed by atoms with Gasteiger partial charge in [-0.25, -0.2) is 9.59 Å². The highest BCUT2D eigenvalue weighted by Crippen LogP contribution is 2.59. The Hall–Kier alpha value is -4.17. The van der Waals surface area contributed by atoms with Crippen molar-refractivity contribution in [1.82, 2.24) is 5.32 Å². The van der Waals surface area contributed by atoms with Crippen LogP contribution in [0.25, 0.3) is 0 Å². The first-order valence-electron chi connectivity index (χ1n) is 12.2. The number of hydrogen-bond acceptors (Lipinski definition) is 8. The molecule has 2 N–H and O–H groups in total. The van der Waals surface area contributed by atoms with Crippen molar-refractivity contribution in [3.63, 3.8) is 0 Å². The molecule has 1 fully saturated rings. The molecule has 3 aromatic carbocycles. The third-order valence-electron chi connectivity index (χ3n) is 7.00. The number of para-hydroxylation sites is 2. The molecule has 0 saturated carbocycles. The Morgan fingerprint density at radius 2 is 1.49 bits per heavy atom. The first kappa shape index (κ1) is 24.5. The average Bonchev–Trinajstić information content (AvgIpc) is 3.38. The molecule has 0 unspecified atom stereocenters. The van der Waals surface area contributed by atoms with E-state index < -0.39 is 40.8 Å². The molecule has 1 spiro atoms. The van der Waals surface area contributed by atoms with Crippen LogP contribution in [0.3, 0.4) is 0 Å². The molecule has 3 atom stereocenters. The summed E-state index contributed by atoms with van der Waals surface area (Å²) in [4.78, 5) is 42.1. The minimum atomic E-state index is -2.15. The van der Waals surface area contributed by atoms with Crippen LogP contribution in [0.15, 0.2) is 78.9 Å². The van der Waals surface area contributed by atoms with E-state index in [1.807, 2.05) is 0 Å². The minimum absolute atomic E-state index is 0.00748. The van der Waals surface area contributed by atoms with E-state index in [4.69, 9.17) is 14.2 Å². The van der Waals surface area contributed by atoms with E-state index in [0.717, 1.165) is 0 Å². The van der Waals surface area contributed by atoms with E-state index >= 15 is 0 Å². The number of Topliss-reactive ketones (excluding diaryl/α,β-unsaturated/α-hetero) is 1. The predicted molar refractivity (Wildman–Crippen MR) is 133 cm³/mol. The van der Waals surface area contributed by atoms with E-state index in [1.165, 1.54) is 6.07 Å². The van der Waals surface area contributed by atoms with Gasteiger partial charge in [0.1, 0.15) is 11.5 Å². The summed E-state index contributed by atoms with van der Waals surface area (Å²) in [6, 6.07) is 20.9. The number of ketones is 1. The van der Waals surface area contributed by atoms with E-state index in [9.17, 15) is 19.5 Å². The molecule has 8 heteroatoms. The second-order valence-corrected chi connectivity index (χ2v) is 8.95. The fraction of sp³-hybridized carbons (Fsp3) is 0.276. The molecule has 0 radical (unpaired) electrons. The highest BCUT2D eigenvalue weighted by molar-refractivity contribution is 6.14. The zero-order valence-corrected chi connectivity index (χ0v) is 20.5. The van der Waals surface area contributed by atoms with Gasteiger partial charge in [0.05, 0.1) is 30.7 Å². The molecular formula is C29H27NO7. The largest absolute Gasteiger partial charge is 0.508 e. The number of phenols is 1. The van der Waals surface area contributed by atoms with Crippen molar-refractivity contribution in [2.75, 3.05) is 13.2 Å². The molecule has 2 heterocycles. The van der Waals surface area contributed by atoms with E-state index in [-0.39, 0.29) is 19.0 Å². The Balaban J connectivity index is 1.87. The molecule has 1 saturated heterocycles. The summed E-state index contributed by atoms with van der Waals surface area (Å²) in [6.07, 6.45) is 0. The highest BCUT2D eigenvalue weighted by atomic mass is 16.6. The second-order valence-electron chi connectivity index (χ2n) is 8.95. The van der Waals surface area contributed by atoms with Crippen LogP contribution >= 0.6 is 0 Å². The Morgan fingerprint density at radius 3 is 2.11 bits per heavy atom. The van der Waals surface area contributed by atoms with E-state index in [0.29, 0.717) is 22.4 Å². The van der Waals surface area contributed by atoms with Crippen LogP contribution in [0.4, 0.5) is 0 Å². The van der Waals surface area contributed by atoms with Crippen LogP contribution < -0.4 is 10.1 Å². The molecule has 0 aromatic heterocycles. The van der Waals surface area contributed by atoms with Crippen LogP contribution in [0.5, 0.6) is 11.5 Å². The normalized spacial score (nSPS) is 23.4. The van der Waals surface area contributed by atoms with Crippen LogP contribution in [0.1, 0.15) is 47.3 Å². The standard InChI is InChI=1S/C29H27NO7/c1-3-35-26(33)28(27(34)36-4-2)23(18-12-6-5-7-13-18)29(24(30-28)19-14-8-10-16-21(19)31)25(32)20-15-9-11-17-22(20)37-29/h5-17,23-24,30-31H,3-4H2,1-2H3/t23-,24-,29-/m1/s1. The number of fused-ring (bicyclic) bond motifs is 1. The molecule has 190 valence electrons. The lowest BCUT2D eigenvalue weighted by Crippen LogP contribution is -2.61. The number of phenolic OH excluding ortho intramolecular Hbond substituents is 1. The molecule has 0 amide bonds.